The van der Waals surface area contributed by atoms with E-state index in [9.17, 15) is 14.4 Å². The SMILES string of the molecule is CC(C)(CC(=O)O)NC(=O)Cn1cc(NC(=O)OCC2c3ccccc3-c3ccccc32)cn1. The van der Waals surface area contributed by atoms with Crippen LogP contribution in [0.1, 0.15) is 37.3 Å². The Kier molecular flexibility index (Phi) is 6.36. The maximum absolute atomic E-state index is 12.4. The van der Waals surface area contributed by atoms with Gasteiger partial charge in [0.15, 0.2) is 0 Å². The summed E-state index contributed by atoms with van der Waals surface area (Å²) in [6.07, 6.45) is 2.10. The van der Waals surface area contributed by atoms with Crippen molar-refractivity contribution in [2.45, 2.75) is 38.3 Å². The maximum Gasteiger partial charge on any atom is 0.411 e. The number of aliphatic carboxylic acids is 1. The average molecular weight is 463 g/mol. The number of hydrogen-bond donors (Lipinski definition) is 3. The van der Waals surface area contributed by atoms with Crippen LogP contribution >= 0.6 is 0 Å². The van der Waals surface area contributed by atoms with Crippen LogP contribution in [0, 0.1) is 0 Å². The molecule has 0 aliphatic heterocycles. The lowest BCUT2D eigenvalue weighted by Gasteiger charge is -2.24. The van der Waals surface area contributed by atoms with E-state index in [1.54, 1.807) is 13.8 Å². The molecule has 4 rings (SSSR count). The molecule has 9 heteroatoms. The van der Waals surface area contributed by atoms with E-state index in [0.717, 1.165) is 22.3 Å². The summed E-state index contributed by atoms with van der Waals surface area (Å²) in [6.45, 7) is 3.34. The summed E-state index contributed by atoms with van der Waals surface area (Å²) < 4.78 is 6.87. The third kappa shape index (κ3) is 5.25. The van der Waals surface area contributed by atoms with Crippen molar-refractivity contribution >= 4 is 23.7 Å². The van der Waals surface area contributed by atoms with E-state index in [1.165, 1.54) is 17.1 Å². The number of carboxylic acids is 1. The molecule has 1 heterocycles. The van der Waals surface area contributed by atoms with Gasteiger partial charge in [-0.1, -0.05) is 48.5 Å². The number of hydrogen-bond acceptors (Lipinski definition) is 5. The van der Waals surface area contributed by atoms with Gasteiger partial charge in [-0.2, -0.15) is 5.10 Å². The first kappa shape index (κ1) is 23.0. The molecule has 0 atom stereocenters. The molecule has 34 heavy (non-hydrogen) atoms. The molecular formula is C25H26N4O5. The minimum atomic E-state index is -1.00. The summed E-state index contributed by atoms with van der Waals surface area (Å²) >= 11 is 0. The van der Waals surface area contributed by atoms with Crippen LogP contribution in [-0.2, 0) is 20.9 Å². The summed E-state index contributed by atoms with van der Waals surface area (Å²) in [5.41, 5.74) is 4.05. The molecule has 0 spiro atoms. The highest BCUT2D eigenvalue weighted by Crippen LogP contribution is 2.44. The topological polar surface area (TPSA) is 123 Å². The van der Waals surface area contributed by atoms with E-state index in [1.807, 2.05) is 36.4 Å². The summed E-state index contributed by atoms with van der Waals surface area (Å²) in [4.78, 5) is 35.5. The molecule has 3 aromatic rings. The van der Waals surface area contributed by atoms with E-state index >= 15 is 0 Å². The number of nitrogens with zero attached hydrogens (tertiary/aromatic N) is 2. The molecule has 0 fully saturated rings. The lowest BCUT2D eigenvalue weighted by molar-refractivity contribution is -0.138. The lowest BCUT2D eigenvalue weighted by Crippen LogP contribution is -2.46. The maximum atomic E-state index is 12.4. The molecule has 2 aromatic carbocycles. The van der Waals surface area contributed by atoms with Crippen molar-refractivity contribution in [3.63, 3.8) is 0 Å². The standard InChI is InChI=1S/C25H26N4O5/c1-25(2,11-23(31)32)28-22(30)14-29-13-16(12-26-29)27-24(33)34-15-21-19-9-5-3-7-17(19)18-8-4-6-10-20(18)21/h3-10,12-13,21H,11,14-15H2,1-2H3,(H,27,33)(H,28,30)(H,31,32). The van der Waals surface area contributed by atoms with Crippen molar-refractivity contribution in [1.82, 2.24) is 15.1 Å². The Hall–Kier alpha value is -4.14. The zero-order chi connectivity index (χ0) is 24.3. The number of carbonyl (C=O) groups excluding carboxylic acids is 2. The largest absolute Gasteiger partial charge is 0.481 e. The van der Waals surface area contributed by atoms with Crippen molar-refractivity contribution in [3.05, 3.63) is 72.1 Å². The minimum absolute atomic E-state index is 0.0428. The summed E-state index contributed by atoms with van der Waals surface area (Å²) in [5.74, 6) is -1.43. The minimum Gasteiger partial charge on any atom is -0.481 e. The van der Waals surface area contributed by atoms with Gasteiger partial charge in [-0.15, -0.1) is 0 Å². The van der Waals surface area contributed by atoms with Crippen molar-refractivity contribution in [2.75, 3.05) is 11.9 Å². The molecule has 0 radical (unpaired) electrons. The average Bonchev–Trinajstić information content (AvgIpc) is 3.32. The van der Waals surface area contributed by atoms with Crippen LogP contribution in [0.4, 0.5) is 10.5 Å². The molecule has 2 amide bonds. The van der Waals surface area contributed by atoms with Crippen LogP contribution in [0.5, 0.6) is 0 Å². The number of carboxylic acid groups (broad SMARTS) is 1. The van der Waals surface area contributed by atoms with Crippen LogP contribution in [0.15, 0.2) is 60.9 Å². The van der Waals surface area contributed by atoms with Gasteiger partial charge in [-0.3, -0.25) is 19.6 Å². The van der Waals surface area contributed by atoms with Crippen molar-refractivity contribution in [2.24, 2.45) is 0 Å². The highest BCUT2D eigenvalue weighted by Gasteiger charge is 2.29. The van der Waals surface area contributed by atoms with E-state index in [0.29, 0.717) is 5.69 Å². The Morgan fingerprint density at radius 2 is 1.68 bits per heavy atom. The van der Waals surface area contributed by atoms with E-state index in [4.69, 9.17) is 9.84 Å². The Labute approximate surface area is 196 Å². The first-order chi connectivity index (χ1) is 16.2. The second-order valence-corrected chi connectivity index (χ2v) is 8.88. The number of nitrogens with one attached hydrogen (secondary N) is 2. The predicted octanol–water partition coefficient (Wildman–Crippen LogP) is 3.61. The summed E-state index contributed by atoms with van der Waals surface area (Å²) in [6, 6.07) is 16.2. The fourth-order valence-corrected chi connectivity index (χ4v) is 4.25. The molecule has 0 saturated heterocycles. The molecule has 1 aromatic heterocycles. The van der Waals surface area contributed by atoms with Gasteiger partial charge in [-0.25, -0.2) is 4.79 Å². The first-order valence-corrected chi connectivity index (χ1v) is 10.9. The van der Waals surface area contributed by atoms with E-state index in [-0.39, 0.29) is 31.4 Å². The lowest BCUT2D eigenvalue weighted by atomic mass is 9.98. The Balaban J connectivity index is 1.32. The van der Waals surface area contributed by atoms with Gasteiger partial charge < -0.3 is 15.2 Å². The fraction of sp³-hybridized carbons (Fsp3) is 0.280. The Morgan fingerprint density at radius 1 is 1.06 bits per heavy atom. The molecule has 176 valence electrons. The number of carbonyl (C=O) groups is 3. The van der Waals surface area contributed by atoms with Gasteiger partial charge in [0, 0.05) is 17.7 Å². The van der Waals surface area contributed by atoms with Crippen molar-refractivity contribution < 1.29 is 24.2 Å². The number of ether oxygens (including phenoxy) is 1. The van der Waals surface area contributed by atoms with Gasteiger partial charge >= 0.3 is 12.1 Å². The second kappa shape index (κ2) is 9.38. The zero-order valence-corrected chi connectivity index (χ0v) is 18.9. The number of aromatic nitrogens is 2. The number of amides is 2. The number of rotatable bonds is 8. The zero-order valence-electron chi connectivity index (χ0n) is 18.9. The van der Waals surface area contributed by atoms with Gasteiger partial charge in [-0.05, 0) is 36.1 Å². The molecule has 1 aliphatic carbocycles. The normalized spacial score (nSPS) is 12.5. The fourth-order valence-electron chi connectivity index (χ4n) is 4.25. The van der Waals surface area contributed by atoms with Crippen LogP contribution < -0.4 is 10.6 Å². The molecule has 3 N–H and O–H groups in total. The number of anilines is 1. The van der Waals surface area contributed by atoms with E-state index in [2.05, 4.69) is 27.9 Å². The highest BCUT2D eigenvalue weighted by molar-refractivity contribution is 5.85. The van der Waals surface area contributed by atoms with Crippen molar-refractivity contribution in [3.8, 4) is 11.1 Å². The van der Waals surface area contributed by atoms with Crippen molar-refractivity contribution in [1.29, 1.82) is 0 Å². The number of benzene rings is 2. The molecule has 0 bridgehead atoms. The first-order valence-electron chi connectivity index (χ1n) is 10.9. The Bertz CT molecular complexity index is 1190. The summed E-state index contributed by atoms with van der Waals surface area (Å²) in [5, 5.41) is 18.3. The quantitative estimate of drug-likeness (QED) is 0.470. The van der Waals surface area contributed by atoms with Crippen LogP contribution in [0.25, 0.3) is 11.1 Å². The van der Waals surface area contributed by atoms with Crippen LogP contribution in [0.3, 0.4) is 0 Å². The van der Waals surface area contributed by atoms with Gasteiger partial charge in [0.05, 0.1) is 18.3 Å². The van der Waals surface area contributed by atoms with Crippen LogP contribution in [0.2, 0.25) is 0 Å². The predicted molar refractivity (Wildman–Crippen MR) is 125 cm³/mol. The second-order valence-electron chi connectivity index (χ2n) is 8.88. The molecular weight excluding hydrogens is 436 g/mol. The molecule has 0 saturated carbocycles. The third-order valence-corrected chi connectivity index (χ3v) is 5.60. The monoisotopic (exact) mass is 462 g/mol. The van der Waals surface area contributed by atoms with E-state index < -0.39 is 17.6 Å². The van der Waals surface area contributed by atoms with Crippen LogP contribution in [-0.4, -0.2) is 45.0 Å². The van der Waals surface area contributed by atoms with Gasteiger partial charge in [0.1, 0.15) is 13.2 Å². The molecule has 1 aliphatic rings. The third-order valence-electron chi connectivity index (χ3n) is 5.60. The molecule has 0 unspecified atom stereocenters. The number of fused-ring (bicyclic) bond motifs is 3. The van der Waals surface area contributed by atoms with Gasteiger partial charge in [0.25, 0.3) is 0 Å². The smallest absolute Gasteiger partial charge is 0.411 e. The Morgan fingerprint density at radius 3 is 2.29 bits per heavy atom. The van der Waals surface area contributed by atoms with Gasteiger partial charge in [0.2, 0.25) is 5.91 Å². The molecule has 9 nitrogen and oxygen atoms in total. The summed E-state index contributed by atoms with van der Waals surface area (Å²) in [7, 11) is 0. The highest BCUT2D eigenvalue weighted by atomic mass is 16.5.